The number of nitrogens with one attached hydrogen (secondary N) is 1. The maximum Gasteiger partial charge on any atom is 0.267 e. The zero-order valence-corrected chi connectivity index (χ0v) is 16.4. The molecule has 0 fully saturated rings. The van der Waals surface area contributed by atoms with E-state index in [4.69, 9.17) is 9.26 Å². The SMILES string of the molecule is CCOc1ccc(-c2noc(-c3c(O)c4cnn(-c5ccccc5)c4[nH]c3=O)n2)cc1. The van der Waals surface area contributed by atoms with Crippen molar-refractivity contribution in [1.82, 2.24) is 24.9 Å². The Bertz CT molecular complexity index is 1420. The number of hydrogen-bond donors (Lipinski definition) is 2. The first kappa shape index (κ1) is 18.6. The van der Waals surface area contributed by atoms with Crippen molar-refractivity contribution >= 4 is 11.0 Å². The van der Waals surface area contributed by atoms with E-state index in [-0.39, 0.29) is 23.0 Å². The summed E-state index contributed by atoms with van der Waals surface area (Å²) < 4.78 is 12.3. The number of para-hydroxylation sites is 1. The van der Waals surface area contributed by atoms with Crippen LogP contribution in [0.15, 0.2) is 70.1 Å². The highest BCUT2D eigenvalue weighted by molar-refractivity contribution is 5.89. The standard InChI is InChI=1S/C22H17N5O4/c1-2-30-15-10-8-13(9-11-15)19-24-22(31-26-19)17-18(28)16-12-23-27(20(16)25-21(17)29)14-6-4-3-5-7-14/h3-12H,2H2,1H3,(H2,25,28,29). The van der Waals surface area contributed by atoms with Crippen molar-refractivity contribution in [3.05, 3.63) is 71.1 Å². The number of rotatable bonds is 5. The van der Waals surface area contributed by atoms with Crippen molar-refractivity contribution in [3.8, 4) is 40.0 Å². The maximum atomic E-state index is 12.8. The molecule has 31 heavy (non-hydrogen) atoms. The van der Waals surface area contributed by atoms with Crippen molar-refractivity contribution in [1.29, 1.82) is 0 Å². The number of fused-ring (bicyclic) bond motifs is 1. The molecule has 2 N–H and O–H groups in total. The van der Waals surface area contributed by atoms with E-state index in [2.05, 4.69) is 20.2 Å². The van der Waals surface area contributed by atoms with Gasteiger partial charge in [-0.25, -0.2) is 4.68 Å². The number of nitrogens with zero attached hydrogens (tertiary/aromatic N) is 4. The Kier molecular flexibility index (Phi) is 4.47. The van der Waals surface area contributed by atoms with E-state index in [1.54, 1.807) is 28.9 Å². The molecule has 0 aliphatic heterocycles. The molecule has 9 nitrogen and oxygen atoms in total. The molecule has 0 saturated heterocycles. The Hall–Kier alpha value is -4.40. The number of hydrogen-bond acceptors (Lipinski definition) is 7. The van der Waals surface area contributed by atoms with Gasteiger partial charge in [0.05, 0.1) is 23.9 Å². The lowest BCUT2D eigenvalue weighted by Crippen LogP contribution is -2.11. The Morgan fingerprint density at radius 3 is 2.65 bits per heavy atom. The second-order valence-electron chi connectivity index (χ2n) is 6.71. The van der Waals surface area contributed by atoms with Gasteiger partial charge in [-0.1, -0.05) is 23.4 Å². The van der Waals surface area contributed by atoms with Crippen LogP contribution in [0.1, 0.15) is 6.92 Å². The third kappa shape index (κ3) is 3.21. The third-order valence-corrected chi connectivity index (χ3v) is 4.78. The van der Waals surface area contributed by atoms with Gasteiger partial charge in [-0.15, -0.1) is 0 Å². The molecule has 5 rings (SSSR count). The van der Waals surface area contributed by atoms with E-state index >= 15 is 0 Å². The molecule has 0 spiro atoms. The van der Waals surface area contributed by atoms with Crippen LogP contribution >= 0.6 is 0 Å². The van der Waals surface area contributed by atoms with Gasteiger partial charge in [0.2, 0.25) is 5.82 Å². The van der Waals surface area contributed by atoms with Crippen LogP contribution in [-0.2, 0) is 0 Å². The molecule has 0 unspecified atom stereocenters. The topological polar surface area (TPSA) is 119 Å². The zero-order chi connectivity index (χ0) is 21.4. The van der Waals surface area contributed by atoms with Gasteiger partial charge in [0, 0.05) is 5.56 Å². The molecule has 9 heteroatoms. The predicted molar refractivity (Wildman–Crippen MR) is 113 cm³/mol. The van der Waals surface area contributed by atoms with E-state index in [1.807, 2.05) is 37.3 Å². The second kappa shape index (κ2) is 7.45. The minimum atomic E-state index is -0.565. The van der Waals surface area contributed by atoms with Crippen molar-refractivity contribution in [3.63, 3.8) is 0 Å². The van der Waals surface area contributed by atoms with E-state index in [0.29, 0.717) is 23.2 Å². The Labute approximate surface area is 175 Å². The smallest absolute Gasteiger partial charge is 0.267 e. The minimum absolute atomic E-state index is 0.0861. The summed E-state index contributed by atoms with van der Waals surface area (Å²) in [4.78, 5) is 19.8. The number of aromatic amines is 1. The number of benzene rings is 2. The average Bonchev–Trinajstić information content (AvgIpc) is 3.43. The molecule has 0 saturated carbocycles. The molecule has 0 aliphatic carbocycles. The Balaban J connectivity index is 1.56. The molecule has 0 bridgehead atoms. The average molecular weight is 415 g/mol. The first-order valence-corrected chi connectivity index (χ1v) is 9.61. The highest BCUT2D eigenvalue weighted by Gasteiger charge is 2.22. The van der Waals surface area contributed by atoms with Crippen LogP contribution < -0.4 is 10.3 Å². The van der Waals surface area contributed by atoms with Crippen molar-refractivity contribution in [2.45, 2.75) is 6.92 Å². The molecular formula is C22H17N5O4. The van der Waals surface area contributed by atoms with Gasteiger partial charge in [-0.3, -0.25) is 4.79 Å². The minimum Gasteiger partial charge on any atom is -0.506 e. The lowest BCUT2D eigenvalue weighted by atomic mass is 10.2. The summed E-state index contributed by atoms with van der Waals surface area (Å²) in [6.07, 6.45) is 1.47. The fourth-order valence-electron chi connectivity index (χ4n) is 3.33. The largest absolute Gasteiger partial charge is 0.506 e. The van der Waals surface area contributed by atoms with Gasteiger partial charge in [-0.05, 0) is 43.3 Å². The summed E-state index contributed by atoms with van der Waals surface area (Å²) in [6, 6.07) is 16.4. The van der Waals surface area contributed by atoms with Crippen LogP contribution in [-0.4, -0.2) is 36.6 Å². The lowest BCUT2D eigenvalue weighted by Gasteiger charge is -2.04. The quantitative estimate of drug-likeness (QED) is 0.451. The molecular weight excluding hydrogens is 398 g/mol. The third-order valence-electron chi connectivity index (χ3n) is 4.78. The number of pyridine rings is 1. The Morgan fingerprint density at radius 1 is 1.13 bits per heavy atom. The van der Waals surface area contributed by atoms with Crippen LogP contribution in [0.25, 0.3) is 39.6 Å². The molecule has 2 aromatic carbocycles. The fourth-order valence-corrected chi connectivity index (χ4v) is 3.33. The highest BCUT2D eigenvalue weighted by Crippen LogP contribution is 2.32. The van der Waals surface area contributed by atoms with E-state index in [9.17, 15) is 9.90 Å². The van der Waals surface area contributed by atoms with Crippen LogP contribution in [0.3, 0.4) is 0 Å². The van der Waals surface area contributed by atoms with Gasteiger partial charge in [0.15, 0.2) is 0 Å². The highest BCUT2D eigenvalue weighted by atomic mass is 16.5. The Morgan fingerprint density at radius 2 is 1.90 bits per heavy atom. The lowest BCUT2D eigenvalue weighted by molar-refractivity contribution is 0.340. The molecule has 0 amide bonds. The van der Waals surface area contributed by atoms with Crippen molar-refractivity contribution in [2.75, 3.05) is 6.61 Å². The number of aromatic nitrogens is 5. The first-order valence-electron chi connectivity index (χ1n) is 9.61. The summed E-state index contributed by atoms with van der Waals surface area (Å²) >= 11 is 0. The summed E-state index contributed by atoms with van der Waals surface area (Å²) in [7, 11) is 0. The molecule has 3 heterocycles. The van der Waals surface area contributed by atoms with Gasteiger partial charge in [-0.2, -0.15) is 10.1 Å². The van der Waals surface area contributed by atoms with Gasteiger partial charge in [0.1, 0.15) is 22.7 Å². The first-order chi connectivity index (χ1) is 15.2. The summed E-state index contributed by atoms with van der Waals surface area (Å²) in [6.45, 7) is 2.47. The molecule has 3 aromatic heterocycles. The van der Waals surface area contributed by atoms with Crippen LogP contribution in [0.4, 0.5) is 0 Å². The number of aromatic hydroxyl groups is 1. The maximum absolute atomic E-state index is 12.8. The van der Waals surface area contributed by atoms with Crippen molar-refractivity contribution < 1.29 is 14.4 Å². The fraction of sp³-hybridized carbons (Fsp3) is 0.0909. The van der Waals surface area contributed by atoms with Crippen LogP contribution in [0.5, 0.6) is 11.5 Å². The molecule has 0 radical (unpaired) electrons. The normalized spacial score (nSPS) is 11.1. The molecule has 0 atom stereocenters. The van der Waals surface area contributed by atoms with E-state index in [0.717, 1.165) is 11.4 Å². The zero-order valence-electron chi connectivity index (χ0n) is 16.4. The summed E-state index contributed by atoms with van der Waals surface area (Å²) in [5, 5.41) is 19.4. The van der Waals surface area contributed by atoms with Crippen LogP contribution in [0, 0.1) is 0 Å². The number of H-pyrrole nitrogens is 1. The van der Waals surface area contributed by atoms with E-state index in [1.165, 1.54) is 6.20 Å². The second-order valence-corrected chi connectivity index (χ2v) is 6.71. The van der Waals surface area contributed by atoms with Crippen LogP contribution in [0.2, 0.25) is 0 Å². The monoisotopic (exact) mass is 415 g/mol. The molecule has 5 aromatic rings. The van der Waals surface area contributed by atoms with Gasteiger partial charge in [0.25, 0.3) is 11.4 Å². The van der Waals surface area contributed by atoms with Gasteiger partial charge < -0.3 is 19.4 Å². The molecule has 0 aliphatic rings. The molecule has 154 valence electrons. The number of ether oxygens (including phenoxy) is 1. The summed E-state index contributed by atoms with van der Waals surface area (Å²) in [5.74, 6) is 0.654. The van der Waals surface area contributed by atoms with E-state index < -0.39 is 5.56 Å². The predicted octanol–water partition coefficient (Wildman–Crippen LogP) is 3.54. The van der Waals surface area contributed by atoms with Gasteiger partial charge >= 0.3 is 0 Å². The summed E-state index contributed by atoms with van der Waals surface area (Å²) in [5.41, 5.74) is 1.13. The van der Waals surface area contributed by atoms with Crippen molar-refractivity contribution in [2.24, 2.45) is 0 Å².